The zero-order chi connectivity index (χ0) is 13.8. The first-order valence-electron chi connectivity index (χ1n) is 6.25. The minimum absolute atomic E-state index is 0.244. The second kappa shape index (κ2) is 5.84. The second-order valence-electron chi connectivity index (χ2n) is 4.63. The van der Waals surface area contributed by atoms with Crippen molar-refractivity contribution in [2.75, 3.05) is 0 Å². The van der Waals surface area contributed by atoms with E-state index in [9.17, 15) is 4.39 Å². The average Bonchev–Trinajstić information content (AvgIpc) is 2.86. The lowest BCUT2D eigenvalue weighted by atomic mass is 10.2. The van der Waals surface area contributed by atoms with E-state index in [1.54, 1.807) is 6.07 Å². The number of rotatable bonds is 5. The molecule has 0 saturated heterocycles. The first kappa shape index (κ1) is 13.5. The van der Waals surface area contributed by atoms with Crippen molar-refractivity contribution in [2.24, 2.45) is 5.73 Å². The van der Waals surface area contributed by atoms with Gasteiger partial charge in [0.15, 0.2) is 0 Å². The molecule has 5 heteroatoms. The maximum absolute atomic E-state index is 13.1. The zero-order valence-electron chi connectivity index (χ0n) is 11.1. The molecule has 0 aliphatic carbocycles. The first-order valence-corrected chi connectivity index (χ1v) is 6.25. The molecule has 0 saturated carbocycles. The van der Waals surface area contributed by atoms with Crippen molar-refractivity contribution in [3.8, 4) is 5.75 Å². The van der Waals surface area contributed by atoms with Crippen molar-refractivity contribution < 1.29 is 9.13 Å². The number of halogens is 1. The van der Waals surface area contributed by atoms with Crippen LogP contribution in [0, 0.1) is 5.82 Å². The minimum Gasteiger partial charge on any atom is -0.487 e. The lowest BCUT2D eigenvalue weighted by Gasteiger charge is -2.09. The molecule has 0 fully saturated rings. The van der Waals surface area contributed by atoms with Crippen LogP contribution in [-0.4, -0.2) is 9.78 Å². The molecule has 0 radical (unpaired) electrons. The highest BCUT2D eigenvalue weighted by Gasteiger charge is 2.06. The maximum Gasteiger partial charge on any atom is 0.132 e. The quantitative estimate of drug-likeness (QED) is 0.902. The van der Waals surface area contributed by atoms with Crippen LogP contribution in [0.2, 0.25) is 0 Å². The Bertz CT molecular complexity index is 551. The van der Waals surface area contributed by atoms with Crippen LogP contribution in [0.1, 0.15) is 31.1 Å². The van der Waals surface area contributed by atoms with Crippen molar-refractivity contribution in [3.05, 3.63) is 47.5 Å². The largest absolute Gasteiger partial charge is 0.487 e. The summed E-state index contributed by atoms with van der Waals surface area (Å²) >= 11 is 0. The van der Waals surface area contributed by atoms with Gasteiger partial charge < -0.3 is 10.5 Å². The minimum atomic E-state index is -0.308. The average molecular weight is 263 g/mol. The molecule has 1 aromatic heterocycles. The molecule has 0 bridgehead atoms. The summed E-state index contributed by atoms with van der Waals surface area (Å²) in [6.07, 6.45) is 1.91. The molecule has 1 heterocycles. The van der Waals surface area contributed by atoms with Crippen molar-refractivity contribution in [1.82, 2.24) is 9.78 Å². The predicted octanol–water partition coefficient (Wildman–Crippen LogP) is 2.64. The summed E-state index contributed by atoms with van der Waals surface area (Å²) in [5.41, 5.74) is 7.06. The third-order valence-corrected chi connectivity index (χ3v) is 2.81. The molecule has 2 aromatic rings. The first-order chi connectivity index (χ1) is 9.10. The van der Waals surface area contributed by atoms with Crippen LogP contribution < -0.4 is 10.5 Å². The van der Waals surface area contributed by atoms with Gasteiger partial charge in [-0.3, -0.25) is 4.68 Å². The van der Waals surface area contributed by atoms with E-state index < -0.39 is 0 Å². The lowest BCUT2D eigenvalue weighted by Crippen LogP contribution is -2.05. The molecule has 2 N–H and O–H groups in total. The Morgan fingerprint density at radius 1 is 1.37 bits per heavy atom. The van der Waals surface area contributed by atoms with Crippen molar-refractivity contribution in [2.45, 2.75) is 33.0 Å². The van der Waals surface area contributed by atoms with E-state index >= 15 is 0 Å². The normalized spacial score (nSPS) is 11.0. The Morgan fingerprint density at radius 3 is 2.79 bits per heavy atom. The topological polar surface area (TPSA) is 53.1 Å². The van der Waals surface area contributed by atoms with Crippen molar-refractivity contribution in [1.29, 1.82) is 0 Å². The van der Waals surface area contributed by atoms with Crippen LogP contribution in [0.3, 0.4) is 0 Å². The third kappa shape index (κ3) is 3.32. The molecular formula is C14H18FN3O. The third-order valence-electron chi connectivity index (χ3n) is 2.81. The molecule has 19 heavy (non-hydrogen) atoms. The summed E-state index contributed by atoms with van der Waals surface area (Å²) < 4.78 is 20.6. The molecule has 102 valence electrons. The van der Waals surface area contributed by atoms with Crippen molar-refractivity contribution >= 4 is 0 Å². The van der Waals surface area contributed by atoms with Gasteiger partial charge in [0.05, 0.1) is 5.69 Å². The summed E-state index contributed by atoms with van der Waals surface area (Å²) in [7, 11) is 0. The molecule has 0 unspecified atom stereocenters. The summed E-state index contributed by atoms with van der Waals surface area (Å²) in [6.45, 7) is 4.71. The highest BCUT2D eigenvalue weighted by atomic mass is 19.1. The van der Waals surface area contributed by atoms with Crippen LogP contribution >= 0.6 is 0 Å². The molecule has 2 rings (SSSR count). The summed E-state index contributed by atoms with van der Waals surface area (Å²) in [5, 5.41) is 4.38. The summed E-state index contributed by atoms with van der Waals surface area (Å²) in [4.78, 5) is 0. The van der Waals surface area contributed by atoms with E-state index in [4.69, 9.17) is 10.5 Å². The van der Waals surface area contributed by atoms with Crippen molar-refractivity contribution in [3.63, 3.8) is 0 Å². The fraction of sp³-hybridized carbons (Fsp3) is 0.357. The highest BCUT2D eigenvalue weighted by Crippen LogP contribution is 2.20. The Balaban J connectivity index is 2.05. The number of hydrogen-bond acceptors (Lipinski definition) is 3. The van der Waals surface area contributed by atoms with Gasteiger partial charge in [-0.05, 0) is 38.1 Å². The monoisotopic (exact) mass is 263 g/mol. The smallest absolute Gasteiger partial charge is 0.132 e. The summed E-state index contributed by atoms with van der Waals surface area (Å²) in [5.74, 6) is 0.292. The zero-order valence-corrected chi connectivity index (χ0v) is 11.1. The number of nitrogens with zero attached hydrogens (tertiary/aromatic N) is 2. The van der Waals surface area contributed by atoms with Crippen LogP contribution in [-0.2, 0) is 13.2 Å². The van der Waals surface area contributed by atoms with Gasteiger partial charge in [0.25, 0.3) is 0 Å². The van der Waals surface area contributed by atoms with Crippen LogP contribution in [0.5, 0.6) is 5.75 Å². The second-order valence-corrected chi connectivity index (χ2v) is 4.63. The van der Waals surface area contributed by atoms with Crippen LogP contribution in [0.25, 0.3) is 0 Å². The van der Waals surface area contributed by atoms with E-state index in [0.29, 0.717) is 24.0 Å². The van der Waals surface area contributed by atoms with Gasteiger partial charge in [0.1, 0.15) is 18.2 Å². The summed E-state index contributed by atoms with van der Waals surface area (Å²) in [6, 6.07) is 6.57. The number of hydrogen-bond donors (Lipinski definition) is 1. The van der Waals surface area contributed by atoms with E-state index in [0.717, 1.165) is 5.69 Å². The van der Waals surface area contributed by atoms with Gasteiger partial charge in [-0.15, -0.1) is 0 Å². The lowest BCUT2D eigenvalue weighted by molar-refractivity contribution is 0.295. The highest BCUT2D eigenvalue weighted by molar-refractivity contribution is 5.33. The van der Waals surface area contributed by atoms with E-state index in [1.807, 2.05) is 16.9 Å². The van der Waals surface area contributed by atoms with E-state index in [-0.39, 0.29) is 12.4 Å². The van der Waals surface area contributed by atoms with Gasteiger partial charge in [-0.25, -0.2) is 4.39 Å². The molecule has 0 aliphatic heterocycles. The van der Waals surface area contributed by atoms with Gasteiger partial charge in [0, 0.05) is 24.3 Å². The molecule has 0 aliphatic rings. The molecule has 0 atom stereocenters. The van der Waals surface area contributed by atoms with E-state index in [2.05, 4.69) is 18.9 Å². The Hall–Kier alpha value is -1.88. The van der Waals surface area contributed by atoms with Crippen LogP contribution in [0.4, 0.5) is 4.39 Å². The van der Waals surface area contributed by atoms with E-state index in [1.165, 1.54) is 12.1 Å². The molecule has 4 nitrogen and oxygen atoms in total. The number of benzene rings is 1. The molecule has 1 aromatic carbocycles. The number of aromatic nitrogens is 2. The fourth-order valence-corrected chi connectivity index (χ4v) is 1.74. The molecule has 0 amide bonds. The van der Waals surface area contributed by atoms with Gasteiger partial charge in [-0.2, -0.15) is 5.10 Å². The Labute approximate surface area is 112 Å². The standard InChI is InChI=1S/C14H18FN3O/c1-10(2)18-6-5-13(17-18)9-19-14-4-3-12(15)7-11(14)8-16/h3-7,10H,8-9,16H2,1-2H3. The SMILES string of the molecule is CC(C)n1ccc(COc2ccc(F)cc2CN)n1. The Morgan fingerprint density at radius 2 is 2.16 bits per heavy atom. The number of ether oxygens (including phenoxy) is 1. The maximum atomic E-state index is 13.1. The predicted molar refractivity (Wildman–Crippen MR) is 71.2 cm³/mol. The van der Waals surface area contributed by atoms with Gasteiger partial charge in [-0.1, -0.05) is 0 Å². The van der Waals surface area contributed by atoms with Crippen LogP contribution in [0.15, 0.2) is 30.5 Å². The number of nitrogens with two attached hydrogens (primary N) is 1. The fourth-order valence-electron chi connectivity index (χ4n) is 1.74. The molecule has 0 spiro atoms. The van der Waals surface area contributed by atoms with Gasteiger partial charge in [0.2, 0.25) is 0 Å². The Kier molecular flexibility index (Phi) is 4.16. The van der Waals surface area contributed by atoms with Gasteiger partial charge >= 0.3 is 0 Å². The molecular weight excluding hydrogens is 245 g/mol.